The molecule has 0 N–H and O–H groups in total. The van der Waals surface area contributed by atoms with Gasteiger partial charge in [0.05, 0.1) is 30.1 Å². The minimum atomic E-state index is -2.68. The highest BCUT2D eigenvalue weighted by Gasteiger charge is 2.21. The Morgan fingerprint density at radius 3 is 2.53 bits per heavy atom. The summed E-state index contributed by atoms with van der Waals surface area (Å²) in [5.74, 6) is 0.821. The quantitative estimate of drug-likeness (QED) is 0.458. The standard InChI is InChI=1S/C22H19F2N7O/c1-13-8-18(22(23)24)31(28-13)19-10-16(26-12-27-19)9-17-21(32-3)20(30(2)29-17)15-6-4-14(11-25)5-7-15/h4-8,10,12,22H,9H2,1-3H3. The van der Waals surface area contributed by atoms with E-state index in [1.165, 1.54) is 12.4 Å². The van der Waals surface area contributed by atoms with Crippen molar-refractivity contribution in [3.63, 3.8) is 0 Å². The Balaban J connectivity index is 1.70. The molecule has 3 heterocycles. The number of benzene rings is 1. The minimum absolute atomic E-state index is 0.231. The summed E-state index contributed by atoms with van der Waals surface area (Å²) in [4.78, 5) is 8.38. The van der Waals surface area contributed by atoms with E-state index in [1.54, 1.807) is 44.0 Å². The van der Waals surface area contributed by atoms with Crippen molar-refractivity contribution in [2.45, 2.75) is 19.8 Å². The Morgan fingerprint density at radius 1 is 1.12 bits per heavy atom. The Bertz CT molecular complexity index is 1300. The van der Waals surface area contributed by atoms with Crippen LogP contribution in [0.25, 0.3) is 17.1 Å². The number of rotatable bonds is 6. The Morgan fingerprint density at radius 2 is 1.88 bits per heavy atom. The van der Waals surface area contributed by atoms with Gasteiger partial charge in [-0.1, -0.05) is 12.1 Å². The Labute approximate surface area is 182 Å². The van der Waals surface area contributed by atoms with Gasteiger partial charge in [0.2, 0.25) is 0 Å². The molecule has 8 nitrogen and oxygen atoms in total. The lowest BCUT2D eigenvalue weighted by atomic mass is 10.1. The van der Waals surface area contributed by atoms with Crippen LogP contribution in [0.5, 0.6) is 5.75 Å². The molecule has 162 valence electrons. The molecule has 0 aliphatic carbocycles. The number of nitriles is 1. The van der Waals surface area contributed by atoms with E-state index in [-0.39, 0.29) is 11.5 Å². The molecule has 0 aliphatic rings. The van der Waals surface area contributed by atoms with Gasteiger partial charge in [-0.2, -0.15) is 15.5 Å². The number of aryl methyl sites for hydroxylation is 2. The van der Waals surface area contributed by atoms with E-state index in [0.29, 0.717) is 34.8 Å². The highest BCUT2D eigenvalue weighted by atomic mass is 19.3. The van der Waals surface area contributed by atoms with Gasteiger partial charge < -0.3 is 4.74 Å². The SMILES string of the molecule is COc1c(Cc2cc(-n3nc(C)cc3C(F)F)ncn2)nn(C)c1-c1ccc(C#N)cc1. The average Bonchev–Trinajstić information content (AvgIpc) is 3.33. The van der Waals surface area contributed by atoms with Gasteiger partial charge in [-0.25, -0.2) is 23.4 Å². The molecule has 4 aromatic rings. The van der Waals surface area contributed by atoms with Crippen LogP contribution in [0.1, 0.15) is 34.8 Å². The van der Waals surface area contributed by atoms with Crippen LogP contribution in [-0.2, 0) is 13.5 Å². The van der Waals surface area contributed by atoms with Gasteiger partial charge in [0.25, 0.3) is 6.43 Å². The van der Waals surface area contributed by atoms with Crippen LogP contribution in [0.3, 0.4) is 0 Å². The first-order chi connectivity index (χ1) is 15.4. The maximum absolute atomic E-state index is 13.4. The smallest absolute Gasteiger partial charge is 0.280 e. The molecule has 0 amide bonds. The zero-order valence-corrected chi connectivity index (χ0v) is 17.6. The number of ether oxygens (including phenoxy) is 1. The molecule has 0 fully saturated rings. The molecular formula is C22H19F2N7O. The third-order valence-electron chi connectivity index (χ3n) is 4.92. The first-order valence-electron chi connectivity index (χ1n) is 9.67. The molecule has 1 aromatic carbocycles. The number of hydrogen-bond acceptors (Lipinski definition) is 6. The van der Waals surface area contributed by atoms with Crippen LogP contribution >= 0.6 is 0 Å². The summed E-state index contributed by atoms with van der Waals surface area (Å²) in [5.41, 5.74) is 3.60. The monoisotopic (exact) mass is 435 g/mol. The van der Waals surface area contributed by atoms with E-state index < -0.39 is 6.43 Å². The van der Waals surface area contributed by atoms with Crippen molar-refractivity contribution in [2.75, 3.05) is 7.11 Å². The predicted molar refractivity (Wildman–Crippen MR) is 112 cm³/mol. The van der Waals surface area contributed by atoms with Crippen LogP contribution in [0, 0.1) is 18.3 Å². The van der Waals surface area contributed by atoms with Crippen molar-refractivity contribution in [2.24, 2.45) is 7.05 Å². The second kappa shape index (κ2) is 8.55. The number of hydrogen-bond donors (Lipinski definition) is 0. The van der Waals surface area contributed by atoms with E-state index in [9.17, 15) is 8.78 Å². The predicted octanol–water partition coefficient (Wildman–Crippen LogP) is 3.78. The Kier molecular flexibility index (Phi) is 5.64. The zero-order valence-electron chi connectivity index (χ0n) is 17.6. The maximum atomic E-state index is 13.4. The largest absolute Gasteiger partial charge is 0.492 e. The van der Waals surface area contributed by atoms with Crippen LogP contribution in [0.4, 0.5) is 8.78 Å². The lowest BCUT2D eigenvalue weighted by Gasteiger charge is -2.08. The highest BCUT2D eigenvalue weighted by molar-refractivity contribution is 5.69. The topological polar surface area (TPSA) is 94.4 Å². The summed E-state index contributed by atoms with van der Waals surface area (Å²) < 4.78 is 35.2. The lowest BCUT2D eigenvalue weighted by Crippen LogP contribution is -2.07. The fourth-order valence-corrected chi connectivity index (χ4v) is 3.54. The molecule has 4 rings (SSSR count). The molecular weight excluding hydrogens is 416 g/mol. The normalized spacial score (nSPS) is 11.0. The zero-order chi connectivity index (χ0) is 22.8. The van der Waals surface area contributed by atoms with E-state index in [2.05, 4.69) is 26.2 Å². The Hall–Kier alpha value is -4.13. The van der Waals surface area contributed by atoms with Crippen LogP contribution in [0.2, 0.25) is 0 Å². The summed E-state index contributed by atoms with van der Waals surface area (Å²) >= 11 is 0. The van der Waals surface area contributed by atoms with Gasteiger partial charge in [0.1, 0.15) is 23.4 Å². The first-order valence-corrected chi connectivity index (χ1v) is 9.67. The number of nitrogens with zero attached hydrogens (tertiary/aromatic N) is 7. The van der Waals surface area contributed by atoms with E-state index in [0.717, 1.165) is 15.9 Å². The third-order valence-corrected chi connectivity index (χ3v) is 4.92. The van der Waals surface area contributed by atoms with E-state index in [4.69, 9.17) is 10.00 Å². The number of alkyl halides is 2. The number of halogens is 2. The first kappa shape index (κ1) is 21.1. The summed E-state index contributed by atoms with van der Waals surface area (Å²) in [5, 5.41) is 17.7. The molecule has 0 aliphatic heterocycles. The fraction of sp³-hybridized carbons (Fsp3) is 0.227. The molecule has 10 heteroatoms. The molecule has 3 aromatic heterocycles. The van der Waals surface area contributed by atoms with Crippen LogP contribution in [0.15, 0.2) is 42.7 Å². The van der Waals surface area contributed by atoms with Gasteiger partial charge in [0, 0.05) is 25.1 Å². The minimum Gasteiger partial charge on any atom is -0.492 e. The third kappa shape index (κ3) is 3.92. The molecule has 0 radical (unpaired) electrons. The van der Waals surface area contributed by atoms with E-state index in [1.807, 2.05) is 12.1 Å². The maximum Gasteiger partial charge on any atom is 0.280 e. The molecule has 32 heavy (non-hydrogen) atoms. The summed E-state index contributed by atoms with van der Waals surface area (Å²) in [6.45, 7) is 1.65. The van der Waals surface area contributed by atoms with Crippen molar-refractivity contribution in [3.8, 4) is 28.9 Å². The van der Waals surface area contributed by atoms with Gasteiger partial charge in [-0.05, 0) is 25.1 Å². The summed E-state index contributed by atoms with van der Waals surface area (Å²) in [6, 6.07) is 12.1. The molecule has 0 saturated carbocycles. The van der Waals surface area contributed by atoms with Crippen LogP contribution < -0.4 is 4.74 Å². The number of methoxy groups -OCH3 is 1. The summed E-state index contributed by atoms with van der Waals surface area (Å²) in [7, 11) is 3.35. The molecule has 0 atom stereocenters. The van der Waals surface area contributed by atoms with Gasteiger partial charge in [-0.15, -0.1) is 0 Å². The van der Waals surface area contributed by atoms with Gasteiger partial charge >= 0.3 is 0 Å². The number of aromatic nitrogens is 6. The molecule has 0 saturated heterocycles. The second-order valence-electron chi connectivity index (χ2n) is 7.11. The van der Waals surface area contributed by atoms with Crippen molar-refractivity contribution >= 4 is 0 Å². The average molecular weight is 435 g/mol. The van der Waals surface area contributed by atoms with E-state index >= 15 is 0 Å². The lowest BCUT2D eigenvalue weighted by molar-refractivity contribution is 0.142. The highest BCUT2D eigenvalue weighted by Crippen LogP contribution is 2.34. The van der Waals surface area contributed by atoms with Crippen molar-refractivity contribution in [1.82, 2.24) is 29.5 Å². The van der Waals surface area contributed by atoms with Gasteiger partial charge in [0.15, 0.2) is 11.6 Å². The van der Waals surface area contributed by atoms with Crippen molar-refractivity contribution in [3.05, 3.63) is 71.1 Å². The fourth-order valence-electron chi connectivity index (χ4n) is 3.54. The van der Waals surface area contributed by atoms with Crippen LogP contribution in [-0.4, -0.2) is 36.6 Å². The molecule has 0 spiro atoms. The van der Waals surface area contributed by atoms with Crippen molar-refractivity contribution in [1.29, 1.82) is 5.26 Å². The molecule has 0 unspecified atom stereocenters. The molecule has 0 bridgehead atoms. The van der Waals surface area contributed by atoms with Gasteiger partial charge in [-0.3, -0.25) is 4.68 Å². The van der Waals surface area contributed by atoms with Crippen molar-refractivity contribution < 1.29 is 13.5 Å². The second-order valence-corrected chi connectivity index (χ2v) is 7.11. The summed E-state index contributed by atoms with van der Waals surface area (Å²) in [6.07, 6.45) is -1.07.